The molecule has 288 valence electrons. The zero-order valence-corrected chi connectivity index (χ0v) is 33.6. The van der Waals surface area contributed by atoms with Crippen LogP contribution in [-0.2, 0) is 10.0 Å². The van der Waals surface area contributed by atoms with E-state index in [0.717, 1.165) is 38.2 Å². The number of nitrogens with zero attached hydrogens (tertiary/aromatic N) is 2. The SMILES string of the molecule is C=C(C)[C@@H]1CC[C@]2(NCCN3CCN(S(C)(=O)=O)CC3)CC[C@]3(C)[C@H](CC[C@@H]4[C@@H]5[C@@H](CC[C@]43C)C(C)(C)C(c3ccc(C(=O)O)c(F)c3)=C[C@@H]5C)[C@@H]12. The lowest BCUT2D eigenvalue weighted by Gasteiger charge is -2.70. The van der Waals surface area contributed by atoms with Gasteiger partial charge in [0.15, 0.2) is 0 Å². The maximum Gasteiger partial charge on any atom is 0.338 e. The minimum Gasteiger partial charge on any atom is -0.478 e. The molecule has 52 heavy (non-hydrogen) atoms. The van der Waals surface area contributed by atoms with E-state index in [1.165, 1.54) is 74.5 Å². The molecule has 1 heterocycles. The number of fused-ring (bicyclic) bond motifs is 7. The van der Waals surface area contributed by atoms with Gasteiger partial charge in [-0.15, -0.1) is 0 Å². The fourth-order valence-electron chi connectivity index (χ4n) is 13.8. The Kier molecular flexibility index (Phi) is 9.77. The molecule has 7 nitrogen and oxygen atoms in total. The number of hydrogen-bond donors (Lipinski definition) is 2. The van der Waals surface area contributed by atoms with Crippen LogP contribution < -0.4 is 5.32 Å². The van der Waals surface area contributed by atoms with Gasteiger partial charge in [-0.25, -0.2) is 17.6 Å². The van der Waals surface area contributed by atoms with Crippen molar-refractivity contribution in [3.8, 4) is 0 Å². The van der Waals surface area contributed by atoms with E-state index in [2.05, 4.69) is 64.4 Å². The number of piperazine rings is 1. The van der Waals surface area contributed by atoms with Gasteiger partial charge in [-0.1, -0.05) is 58.9 Å². The van der Waals surface area contributed by atoms with E-state index in [0.29, 0.717) is 54.5 Å². The van der Waals surface area contributed by atoms with Crippen LogP contribution in [0.3, 0.4) is 0 Å². The van der Waals surface area contributed by atoms with Crippen LogP contribution in [0.25, 0.3) is 5.57 Å². The van der Waals surface area contributed by atoms with E-state index in [1.807, 2.05) is 6.07 Å². The van der Waals surface area contributed by atoms with E-state index >= 15 is 0 Å². The zero-order chi connectivity index (χ0) is 37.6. The predicted molar refractivity (Wildman–Crippen MR) is 207 cm³/mol. The van der Waals surface area contributed by atoms with Crippen LogP contribution in [0.2, 0.25) is 0 Å². The number of carboxylic acids is 1. The van der Waals surface area contributed by atoms with E-state index in [1.54, 1.807) is 4.31 Å². The Balaban J connectivity index is 1.12. The number of allylic oxidation sites excluding steroid dienone is 3. The summed E-state index contributed by atoms with van der Waals surface area (Å²) in [5, 5.41) is 13.7. The zero-order valence-electron chi connectivity index (χ0n) is 32.8. The highest BCUT2D eigenvalue weighted by Crippen LogP contribution is 2.74. The molecule has 0 unspecified atom stereocenters. The number of carbonyl (C=O) groups is 1. The van der Waals surface area contributed by atoms with Gasteiger partial charge in [-0.05, 0) is 139 Å². The largest absolute Gasteiger partial charge is 0.478 e. The van der Waals surface area contributed by atoms with Crippen molar-refractivity contribution in [2.24, 2.45) is 57.7 Å². The van der Waals surface area contributed by atoms with E-state index in [-0.39, 0.29) is 27.3 Å². The minimum atomic E-state index is -3.13. The standard InChI is InChI=1S/C43H64FN3O4S/c1-27(2)30-13-16-43(45-19-20-46-21-23-47(24-22-46)52(8,50)51)18-17-42(7)34(38(30)43)12-11-33-37-28(3)25-35(29-9-10-31(39(48)49)36(44)26-29)40(4,5)32(37)14-15-41(33,42)6/h9-10,25-26,28,30,32-34,37-38,45H,1,11-24H2,2-8H3,(H,48,49)/t28-,30-,32+,33+,34+,37-,38+,41+,42+,43-/m0/s1. The number of hydrogen-bond acceptors (Lipinski definition) is 5. The number of nitrogens with one attached hydrogen (secondary N) is 1. The summed E-state index contributed by atoms with van der Waals surface area (Å²) in [6, 6.07) is 4.69. The van der Waals surface area contributed by atoms with Crippen LogP contribution in [-0.4, -0.2) is 79.8 Å². The molecule has 0 spiro atoms. The van der Waals surface area contributed by atoms with Crippen LogP contribution in [0.5, 0.6) is 0 Å². The molecule has 1 aromatic rings. The molecule has 0 aromatic heterocycles. The molecule has 5 aliphatic carbocycles. The smallest absolute Gasteiger partial charge is 0.338 e. The topological polar surface area (TPSA) is 90.0 Å². The Labute approximate surface area is 312 Å². The minimum absolute atomic E-state index is 0.131. The predicted octanol–water partition coefficient (Wildman–Crippen LogP) is 7.95. The van der Waals surface area contributed by atoms with Crippen molar-refractivity contribution < 1.29 is 22.7 Å². The van der Waals surface area contributed by atoms with Crippen LogP contribution in [0.15, 0.2) is 36.4 Å². The molecule has 10 atom stereocenters. The summed E-state index contributed by atoms with van der Waals surface area (Å²) in [5.74, 6) is 1.91. The molecule has 0 amide bonds. The Morgan fingerprint density at radius 2 is 1.63 bits per heavy atom. The Morgan fingerprint density at radius 3 is 2.27 bits per heavy atom. The van der Waals surface area contributed by atoms with Crippen molar-refractivity contribution in [3.63, 3.8) is 0 Å². The quantitative estimate of drug-likeness (QED) is 0.264. The second-order valence-electron chi connectivity index (χ2n) is 19.1. The number of halogens is 1. The van der Waals surface area contributed by atoms with Gasteiger partial charge in [0.2, 0.25) is 10.0 Å². The molecule has 1 aliphatic heterocycles. The lowest BCUT2D eigenvalue weighted by molar-refractivity contribution is -0.199. The van der Waals surface area contributed by atoms with Crippen LogP contribution >= 0.6 is 0 Å². The molecule has 1 saturated heterocycles. The summed E-state index contributed by atoms with van der Waals surface area (Å²) in [7, 11) is -3.13. The highest BCUT2D eigenvalue weighted by Gasteiger charge is 2.68. The van der Waals surface area contributed by atoms with E-state index in [9.17, 15) is 22.7 Å². The van der Waals surface area contributed by atoms with Crippen molar-refractivity contribution in [1.82, 2.24) is 14.5 Å². The average molecular weight is 738 g/mol. The van der Waals surface area contributed by atoms with Crippen molar-refractivity contribution in [2.75, 3.05) is 45.5 Å². The van der Waals surface area contributed by atoms with Crippen LogP contribution in [0.1, 0.15) is 109 Å². The maximum atomic E-state index is 15.0. The molecule has 2 N–H and O–H groups in total. The van der Waals surface area contributed by atoms with Gasteiger partial charge in [0, 0.05) is 44.8 Å². The van der Waals surface area contributed by atoms with Gasteiger partial charge in [0.25, 0.3) is 0 Å². The fourth-order valence-corrected chi connectivity index (χ4v) is 14.6. The van der Waals surface area contributed by atoms with E-state index in [4.69, 9.17) is 0 Å². The highest BCUT2D eigenvalue weighted by atomic mass is 32.2. The molecule has 5 fully saturated rings. The second kappa shape index (κ2) is 13.3. The Morgan fingerprint density at radius 1 is 0.962 bits per heavy atom. The molecular weight excluding hydrogens is 674 g/mol. The molecule has 7 rings (SSSR count). The lowest BCUT2D eigenvalue weighted by atomic mass is 9.35. The van der Waals surface area contributed by atoms with Gasteiger partial charge >= 0.3 is 5.97 Å². The van der Waals surface area contributed by atoms with Crippen molar-refractivity contribution in [2.45, 2.75) is 98.4 Å². The third-order valence-electron chi connectivity index (χ3n) is 16.6. The van der Waals surface area contributed by atoms with Gasteiger partial charge in [0.1, 0.15) is 5.82 Å². The van der Waals surface area contributed by atoms with Crippen molar-refractivity contribution in [1.29, 1.82) is 0 Å². The summed E-state index contributed by atoms with van der Waals surface area (Å²) in [6.07, 6.45) is 13.5. The summed E-state index contributed by atoms with van der Waals surface area (Å²) in [4.78, 5) is 14.0. The number of sulfonamides is 1. The summed E-state index contributed by atoms with van der Waals surface area (Å²) < 4.78 is 40.7. The first-order valence-electron chi connectivity index (χ1n) is 20.2. The van der Waals surface area contributed by atoms with Gasteiger partial charge < -0.3 is 10.4 Å². The monoisotopic (exact) mass is 737 g/mol. The molecule has 6 aliphatic rings. The first kappa shape index (κ1) is 38.2. The number of carboxylic acid groups (broad SMARTS) is 1. The molecule has 0 bridgehead atoms. The average Bonchev–Trinajstić information content (AvgIpc) is 3.46. The number of benzene rings is 1. The van der Waals surface area contributed by atoms with Crippen LogP contribution in [0.4, 0.5) is 4.39 Å². The van der Waals surface area contributed by atoms with E-state index < -0.39 is 21.8 Å². The molecule has 1 aromatic carbocycles. The van der Waals surface area contributed by atoms with Gasteiger partial charge in [-0.2, -0.15) is 4.31 Å². The van der Waals surface area contributed by atoms with Crippen molar-refractivity contribution >= 4 is 21.6 Å². The maximum absolute atomic E-state index is 15.0. The first-order valence-corrected chi connectivity index (χ1v) is 22.0. The Hall–Kier alpha value is -2.07. The highest BCUT2D eigenvalue weighted by molar-refractivity contribution is 7.88. The first-order chi connectivity index (χ1) is 24.3. The summed E-state index contributed by atoms with van der Waals surface area (Å²) in [5.41, 5.74) is 3.52. The molecule has 9 heteroatoms. The lowest BCUT2D eigenvalue weighted by Crippen LogP contribution is -2.67. The second-order valence-corrected chi connectivity index (χ2v) is 21.1. The van der Waals surface area contributed by atoms with Gasteiger partial charge in [-0.3, -0.25) is 4.90 Å². The number of aromatic carboxylic acids is 1. The third kappa shape index (κ3) is 5.97. The van der Waals surface area contributed by atoms with Crippen molar-refractivity contribution in [3.05, 3.63) is 53.4 Å². The fraction of sp³-hybridized carbons (Fsp3) is 0.744. The normalized spacial score (nSPS) is 40.5. The van der Waals surface area contributed by atoms with Crippen LogP contribution in [0, 0.1) is 63.5 Å². The summed E-state index contributed by atoms with van der Waals surface area (Å²) >= 11 is 0. The molecule has 0 radical (unpaired) electrons. The third-order valence-corrected chi connectivity index (χ3v) is 17.9. The Bertz CT molecular complexity index is 1730. The number of rotatable bonds is 8. The summed E-state index contributed by atoms with van der Waals surface area (Å²) in [6.45, 7) is 23.9. The molecule has 4 saturated carbocycles. The molecular formula is C43H64FN3O4S. The van der Waals surface area contributed by atoms with Gasteiger partial charge in [0.05, 0.1) is 11.8 Å².